The number of fused-ring (bicyclic) bond motifs is 1. The van der Waals surface area contributed by atoms with Gasteiger partial charge in [-0.2, -0.15) is 0 Å². The van der Waals surface area contributed by atoms with E-state index in [9.17, 15) is 9.59 Å². The van der Waals surface area contributed by atoms with Gasteiger partial charge in [0.05, 0.1) is 17.0 Å². The van der Waals surface area contributed by atoms with Crippen molar-refractivity contribution in [1.29, 1.82) is 0 Å². The summed E-state index contributed by atoms with van der Waals surface area (Å²) in [5, 5.41) is 3.14. The SMILES string of the molecule is CCN1CCN(CCCNC(=O)[C@@H]2CCCN(c3nc4ccccc4n(CC)c3=O)C2)CC1. The van der Waals surface area contributed by atoms with E-state index >= 15 is 0 Å². The van der Waals surface area contributed by atoms with Crippen molar-refractivity contribution in [3.63, 3.8) is 0 Å². The van der Waals surface area contributed by atoms with Crippen molar-refractivity contribution < 1.29 is 4.79 Å². The molecule has 0 spiro atoms. The van der Waals surface area contributed by atoms with Gasteiger partial charge in [-0.25, -0.2) is 4.98 Å². The number of aryl methyl sites for hydroxylation is 1. The van der Waals surface area contributed by atoms with Crippen LogP contribution in [0.4, 0.5) is 5.82 Å². The molecular weight excluding hydrogens is 416 g/mol. The zero-order valence-electron chi connectivity index (χ0n) is 20.1. The number of hydrogen-bond acceptors (Lipinski definition) is 6. The highest BCUT2D eigenvalue weighted by Gasteiger charge is 2.28. The zero-order chi connectivity index (χ0) is 23.2. The Kier molecular flexibility index (Phi) is 7.98. The maximum absolute atomic E-state index is 13.1. The third kappa shape index (κ3) is 5.55. The number of carbonyl (C=O) groups excluding carboxylic acids is 1. The van der Waals surface area contributed by atoms with Crippen LogP contribution in [-0.4, -0.2) is 84.2 Å². The number of nitrogens with zero attached hydrogens (tertiary/aromatic N) is 5. The molecule has 0 aliphatic carbocycles. The summed E-state index contributed by atoms with van der Waals surface area (Å²) in [7, 11) is 0. The van der Waals surface area contributed by atoms with Gasteiger partial charge in [0.15, 0.2) is 5.82 Å². The summed E-state index contributed by atoms with van der Waals surface area (Å²) in [5.74, 6) is 0.473. The van der Waals surface area contributed by atoms with Crippen LogP contribution in [0.5, 0.6) is 0 Å². The van der Waals surface area contributed by atoms with E-state index in [1.54, 1.807) is 4.57 Å². The number of aromatic nitrogens is 2. The van der Waals surface area contributed by atoms with Crippen molar-refractivity contribution in [2.24, 2.45) is 5.92 Å². The molecule has 2 fully saturated rings. The monoisotopic (exact) mass is 454 g/mol. The number of carbonyl (C=O) groups is 1. The summed E-state index contributed by atoms with van der Waals surface area (Å²) in [4.78, 5) is 37.7. The lowest BCUT2D eigenvalue weighted by Crippen LogP contribution is -2.47. The molecule has 2 saturated heterocycles. The zero-order valence-corrected chi connectivity index (χ0v) is 20.1. The Morgan fingerprint density at radius 2 is 1.82 bits per heavy atom. The van der Waals surface area contributed by atoms with Crippen LogP contribution in [-0.2, 0) is 11.3 Å². The average Bonchev–Trinajstić information content (AvgIpc) is 2.86. The lowest BCUT2D eigenvalue weighted by molar-refractivity contribution is -0.125. The van der Waals surface area contributed by atoms with Crippen LogP contribution >= 0.6 is 0 Å². The molecule has 1 N–H and O–H groups in total. The predicted molar refractivity (Wildman–Crippen MR) is 133 cm³/mol. The summed E-state index contributed by atoms with van der Waals surface area (Å²) < 4.78 is 1.78. The minimum absolute atomic E-state index is 0.0690. The van der Waals surface area contributed by atoms with Gasteiger partial charge in [-0.1, -0.05) is 19.1 Å². The van der Waals surface area contributed by atoms with Gasteiger partial charge in [0, 0.05) is 52.4 Å². The maximum Gasteiger partial charge on any atom is 0.293 e. The van der Waals surface area contributed by atoms with Crippen LogP contribution < -0.4 is 15.8 Å². The second-order valence-corrected chi connectivity index (χ2v) is 9.18. The maximum atomic E-state index is 13.1. The van der Waals surface area contributed by atoms with E-state index in [-0.39, 0.29) is 17.4 Å². The molecule has 2 aliphatic rings. The van der Waals surface area contributed by atoms with Crippen LogP contribution in [0, 0.1) is 5.92 Å². The number of nitrogens with one attached hydrogen (secondary N) is 1. The summed E-state index contributed by atoms with van der Waals surface area (Å²) in [6.45, 7) is 13.5. The largest absolute Gasteiger partial charge is 0.356 e. The smallest absolute Gasteiger partial charge is 0.293 e. The first-order chi connectivity index (χ1) is 16.1. The Labute approximate surface area is 196 Å². The van der Waals surface area contributed by atoms with Crippen LogP contribution in [0.25, 0.3) is 11.0 Å². The number of rotatable bonds is 8. The van der Waals surface area contributed by atoms with Gasteiger partial charge < -0.3 is 24.6 Å². The molecular formula is C25H38N6O2. The molecule has 8 heteroatoms. The Hall–Kier alpha value is -2.45. The third-order valence-corrected chi connectivity index (χ3v) is 7.11. The van der Waals surface area contributed by atoms with Crippen molar-refractivity contribution >= 4 is 22.8 Å². The second-order valence-electron chi connectivity index (χ2n) is 9.18. The number of anilines is 1. The fourth-order valence-electron chi connectivity index (χ4n) is 5.07. The van der Waals surface area contributed by atoms with Crippen LogP contribution in [0.2, 0.25) is 0 Å². The van der Waals surface area contributed by atoms with E-state index in [1.165, 1.54) is 0 Å². The van der Waals surface area contributed by atoms with Crippen molar-refractivity contribution in [3.05, 3.63) is 34.6 Å². The average molecular weight is 455 g/mol. The molecule has 4 rings (SSSR count). The first-order valence-corrected chi connectivity index (χ1v) is 12.6. The number of piperidine rings is 1. The summed E-state index contributed by atoms with van der Waals surface area (Å²) in [6, 6.07) is 7.76. The van der Waals surface area contributed by atoms with Crippen LogP contribution in [0.1, 0.15) is 33.1 Å². The molecule has 180 valence electrons. The summed E-state index contributed by atoms with van der Waals surface area (Å²) in [5.41, 5.74) is 1.61. The van der Waals surface area contributed by atoms with E-state index in [0.29, 0.717) is 25.5 Å². The van der Waals surface area contributed by atoms with Crippen LogP contribution in [0.15, 0.2) is 29.1 Å². The van der Waals surface area contributed by atoms with Gasteiger partial charge in [-0.3, -0.25) is 9.59 Å². The van der Waals surface area contributed by atoms with Crippen LogP contribution in [0.3, 0.4) is 0 Å². The van der Waals surface area contributed by atoms with Crippen molar-refractivity contribution in [2.45, 2.75) is 39.7 Å². The Morgan fingerprint density at radius 3 is 2.58 bits per heavy atom. The molecule has 1 aromatic carbocycles. The number of benzene rings is 1. The van der Waals surface area contributed by atoms with Gasteiger partial charge in [0.1, 0.15) is 0 Å². The van der Waals surface area contributed by atoms with Crippen molar-refractivity contribution in [2.75, 3.05) is 63.8 Å². The third-order valence-electron chi connectivity index (χ3n) is 7.11. The lowest BCUT2D eigenvalue weighted by atomic mass is 9.97. The van der Waals surface area contributed by atoms with E-state index < -0.39 is 0 Å². The summed E-state index contributed by atoms with van der Waals surface area (Å²) >= 11 is 0. The molecule has 0 unspecified atom stereocenters. The molecule has 2 aromatic rings. The van der Waals surface area contributed by atoms with E-state index in [0.717, 1.165) is 76.1 Å². The van der Waals surface area contributed by atoms with E-state index in [2.05, 4.69) is 22.0 Å². The highest BCUT2D eigenvalue weighted by atomic mass is 16.2. The van der Waals surface area contributed by atoms with Gasteiger partial charge >= 0.3 is 0 Å². The fourth-order valence-corrected chi connectivity index (χ4v) is 5.07. The highest BCUT2D eigenvalue weighted by Crippen LogP contribution is 2.22. The second kappa shape index (κ2) is 11.1. The first-order valence-electron chi connectivity index (χ1n) is 12.6. The molecule has 1 aromatic heterocycles. The quantitative estimate of drug-likeness (QED) is 0.613. The minimum atomic E-state index is -0.102. The molecule has 0 radical (unpaired) electrons. The number of hydrogen-bond donors (Lipinski definition) is 1. The number of likely N-dealkylation sites (N-methyl/N-ethyl adjacent to an activating group) is 1. The number of piperazine rings is 1. The van der Waals surface area contributed by atoms with E-state index in [4.69, 9.17) is 4.98 Å². The molecule has 3 heterocycles. The standard InChI is InChI=1S/C25H38N6O2/c1-3-28-15-17-29(18-16-28)13-8-12-26-24(32)20-9-7-14-30(19-20)23-25(33)31(4-2)22-11-6-5-10-21(22)27-23/h5-6,10-11,20H,3-4,7-9,12-19H2,1-2H3,(H,26,32)/t20-/m1/s1. The molecule has 0 bridgehead atoms. The normalized spacial score (nSPS) is 20.3. The van der Waals surface area contributed by atoms with Gasteiger partial charge in [-0.05, 0) is 51.4 Å². The molecule has 1 amide bonds. The van der Waals surface area contributed by atoms with Gasteiger partial charge in [0.25, 0.3) is 5.56 Å². The summed E-state index contributed by atoms with van der Waals surface area (Å²) in [6.07, 6.45) is 2.72. The topological polar surface area (TPSA) is 73.7 Å². The van der Waals surface area contributed by atoms with Crippen molar-refractivity contribution in [3.8, 4) is 0 Å². The van der Waals surface area contributed by atoms with Gasteiger partial charge in [-0.15, -0.1) is 0 Å². The molecule has 33 heavy (non-hydrogen) atoms. The predicted octanol–water partition coefficient (Wildman–Crippen LogP) is 1.78. The Morgan fingerprint density at radius 1 is 1.06 bits per heavy atom. The molecule has 8 nitrogen and oxygen atoms in total. The van der Waals surface area contributed by atoms with E-state index in [1.807, 2.05) is 36.1 Å². The molecule has 1 atom stereocenters. The van der Waals surface area contributed by atoms with Gasteiger partial charge in [0.2, 0.25) is 5.91 Å². The lowest BCUT2D eigenvalue weighted by Gasteiger charge is -2.34. The highest BCUT2D eigenvalue weighted by molar-refractivity contribution is 5.80. The minimum Gasteiger partial charge on any atom is -0.356 e. The Bertz CT molecular complexity index is 998. The number of amides is 1. The fraction of sp³-hybridized carbons (Fsp3) is 0.640. The molecule has 2 aliphatic heterocycles. The molecule has 0 saturated carbocycles. The first kappa shape index (κ1) is 23.7. The Balaban J connectivity index is 1.32. The van der Waals surface area contributed by atoms with Crippen molar-refractivity contribution in [1.82, 2.24) is 24.7 Å². The number of para-hydroxylation sites is 2.